The van der Waals surface area contributed by atoms with E-state index < -0.39 is 17.5 Å². The molecular formula is C25H31N5O4. The van der Waals surface area contributed by atoms with Gasteiger partial charge < -0.3 is 20.2 Å². The van der Waals surface area contributed by atoms with Crippen LogP contribution in [0.3, 0.4) is 0 Å². The Hall–Kier alpha value is -3.46. The number of benzene rings is 1. The van der Waals surface area contributed by atoms with Crippen molar-refractivity contribution in [2.24, 2.45) is 5.92 Å². The third-order valence-electron chi connectivity index (χ3n) is 6.79. The summed E-state index contributed by atoms with van der Waals surface area (Å²) in [5, 5.41) is 15.1. The lowest BCUT2D eigenvalue weighted by atomic mass is 9.79. The molecule has 2 saturated heterocycles. The van der Waals surface area contributed by atoms with Crippen molar-refractivity contribution < 1.29 is 19.5 Å². The number of hydrogen-bond donors (Lipinski definition) is 3. The molecule has 2 atom stereocenters. The van der Waals surface area contributed by atoms with Crippen LogP contribution in [-0.2, 0) is 10.3 Å². The third-order valence-corrected chi connectivity index (χ3v) is 6.79. The smallest absolute Gasteiger partial charge is 0.322 e. The Morgan fingerprint density at radius 2 is 1.91 bits per heavy atom. The van der Waals surface area contributed by atoms with Crippen LogP contribution >= 0.6 is 0 Å². The van der Waals surface area contributed by atoms with E-state index in [1.807, 2.05) is 33.9 Å². The summed E-state index contributed by atoms with van der Waals surface area (Å²) in [4.78, 5) is 46.0. The molecule has 34 heavy (non-hydrogen) atoms. The summed E-state index contributed by atoms with van der Waals surface area (Å²) in [7, 11) is 0. The minimum Gasteiger partial charge on any atom is -0.394 e. The number of nitrogens with zero attached hydrogens (tertiary/aromatic N) is 3. The maximum absolute atomic E-state index is 13.2. The molecule has 2 fully saturated rings. The van der Waals surface area contributed by atoms with Gasteiger partial charge in [0.05, 0.1) is 12.6 Å². The fourth-order valence-electron chi connectivity index (χ4n) is 4.95. The van der Waals surface area contributed by atoms with Crippen LogP contribution in [0.25, 0.3) is 0 Å². The minimum atomic E-state index is -1.16. The molecule has 2 aliphatic rings. The molecule has 4 amide bonds. The summed E-state index contributed by atoms with van der Waals surface area (Å²) in [6.45, 7) is 9.07. The number of carbonyl (C=O) groups excluding carboxylic acids is 3. The minimum absolute atomic E-state index is 0.0938. The Kier molecular flexibility index (Phi) is 6.31. The van der Waals surface area contributed by atoms with Crippen LogP contribution < -0.4 is 15.5 Å². The topological polar surface area (TPSA) is 115 Å². The average molecular weight is 466 g/mol. The summed E-state index contributed by atoms with van der Waals surface area (Å²) in [6, 6.07) is 8.09. The van der Waals surface area contributed by atoms with E-state index in [0.717, 1.165) is 16.9 Å². The lowest BCUT2D eigenvalue weighted by Gasteiger charge is -2.42. The van der Waals surface area contributed by atoms with Crippen LogP contribution in [0, 0.1) is 19.8 Å². The van der Waals surface area contributed by atoms with Crippen molar-refractivity contribution in [1.29, 1.82) is 0 Å². The van der Waals surface area contributed by atoms with Crippen LogP contribution in [-0.4, -0.2) is 65.1 Å². The number of nitrogens with one attached hydrogen (secondary N) is 2. The Morgan fingerprint density at radius 1 is 1.21 bits per heavy atom. The van der Waals surface area contributed by atoms with Crippen molar-refractivity contribution in [3.8, 4) is 0 Å². The quantitative estimate of drug-likeness (QED) is 0.579. The Morgan fingerprint density at radius 3 is 2.47 bits per heavy atom. The molecule has 0 aliphatic carbocycles. The molecular weight excluding hydrogens is 434 g/mol. The van der Waals surface area contributed by atoms with Gasteiger partial charge in [-0.1, -0.05) is 32.0 Å². The van der Waals surface area contributed by atoms with E-state index in [1.54, 1.807) is 29.2 Å². The van der Waals surface area contributed by atoms with Crippen molar-refractivity contribution in [3.63, 3.8) is 0 Å². The first-order chi connectivity index (χ1) is 16.2. The van der Waals surface area contributed by atoms with Gasteiger partial charge in [-0.25, -0.2) is 9.78 Å². The molecule has 9 heteroatoms. The lowest BCUT2D eigenvalue weighted by molar-refractivity contribution is -0.125. The van der Waals surface area contributed by atoms with Gasteiger partial charge in [-0.3, -0.25) is 14.9 Å². The second kappa shape index (κ2) is 9.06. The van der Waals surface area contributed by atoms with Crippen LogP contribution in [0.15, 0.2) is 36.5 Å². The Bertz CT molecular complexity index is 1120. The van der Waals surface area contributed by atoms with Crippen molar-refractivity contribution in [3.05, 3.63) is 58.8 Å². The second-order valence-corrected chi connectivity index (χ2v) is 9.38. The van der Waals surface area contributed by atoms with Gasteiger partial charge in [-0.05, 0) is 48.6 Å². The van der Waals surface area contributed by atoms with Gasteiger partial charge in [0.25, 0.3) is 11.8 Å². The van der Waals surface area contributed by atoms with Crippen LogP contribution in [0.4, 0.5) is 10.6 Å². The fraction of sp³-hybridized carbons (Fsp3) is 0.440. The summed E-state index contributed by atoms with van der Waals surface area (Å²) >= 11 is 0. The molecule has 0 spiro atoms. The van der Waals surface area contributed by atoms with E-state index in [1.165, 1.54) is 0 Å². The van der Waals surface area contributed by atoms with Gasteiger partial charge in [0.1, 0.15) is 11.4 Å². The highest BCUT2D eigenvalue weighted by molar-refractivity contribution is 6.07. The number of aliphatic hydroxyl groups excluding tert-OH is 1. The van der Waals surface area contributed by atoms with E-state index in [2.05, 4.69) is 26.6 Å². The zero-order valence-corrected chi connectivity index (χ0v) is 20.0. The number of aryl methyl sites for hydroxylation is 2. The largest absolute Gasteiger partial charge is 0.394 e. The summed E-state index contributed by atoms with van der Waals surface area (Å²) in [5.41, 5.74) is 2.07. The number of aliphatic hydroxyl groups is 1. The molecule has 0 saturated carbocycles. The lowest BCUT2D eigenvalue weighted by Crippen LogP contribution is -2.56. The molecule has 0 unspecified atom stereocenters. The van der Waals surface area contributed by atoms with Crippen LogP contribution in [0.5, 0.6) is 0 Å². The first kappa shape index (κ1) is 23.7. The van der Waals surface area contributed by atoms with Crippen molar-refractivity contribution in [1.82, 2.24) is 20.5 Å². The summed E-state index contributed by atoms with van der Waals surface area (Å²) < 4.78 is 0. The van der Waals surface area contributed by atoms with E-state index in [9.17, 15) is 19.5 Å². The first-order valence-corrected chi connectivity index (χ1v) is 11.5. The number of imide groups is 1. The standard InChI is InChI=1S/C25H31N5O4/c1-15(2)25(23(33)27-24(34)28-25)19-7-5-18(6-8-19)22(32)29-9-10-30(20(13-29)14-31)21-17(4)11-16(3)12-26-21/h5-8,11-12,15,20,31H,9-10,13-14H2,1-4H3,(H2,27,28,33,34)/t20-,25+/m0/s1. The van der Waals surface area contributed by atoms with E-state index in [0.29, 0.717) is 30.8 Å². The molecule has 180 valence electrons. The number of urea groups is 1. The molecule has 3 heterocycles. The number of hydrogen-bond acceptors (Lipinski definition) is 6. The SMILES string of the molecule is Cc1cnc(N2CCN(C(=O)c3ccc([C@@]4(C(C)C)NC(=O)NC4=O)cc3)C[C@H]2CO)c(C)c1. The molecule has 2 aromatic rings. The van der Waals surface area contributed by atoms with Crippen LogP contribution in [0.1, 0.15) is 40.9 Å². The predicted octanol–water partition coefficient (Wildman–Crippen LogP) is 1.71. The zero-order chi connectivity index (χ0) is 24.6. The summed E-state index contributed by atoms with van der Waals surface area (Å²) in [5.74, 6) is 0.111. The highest BCUT2D eigenvalue weighted by atomic mass is 16.3. The zero-order valence-electron chi connectivity index (χ0n) is 20.0. The summed E-state index contributed by atoms with van der Waals surface area (Å²) in [6.07, 6.45) is 1.81. The number of carbonyl (C=O) groups is 3. The maximum atomic E-state index is 13.2. The molecule has 9 nitrogen and oxygen atoms in total. The first-order valence-electron chi connectivity index (χ1n) is 11.5. The van der Waals surface area contributed by atoms with Crippen molar-refractivity contribution >= 4 is 23.7 Å². The normalized spacial score (nSPS) is 22.7. The third kappa shape index (κ3) is 4.00. The number of piperazine rings is 1. The highest BCUT2D eigenvalue weighted by Crippen LogP contribution is 2.33. The van der Waals surface area contributed by atoms with E-state index in [-0.39, 0.29) is 24.5 Å². The van der Waals surface area contributed by atoms with Gasteiger partial charge in [0.15, 0.2) is 0 Å². The number of anilines is 1. The molecule has 3 N–H and O–H groups in total. The monoisotopic (exact) mass is 465 g/mol. The van der Waals surface area contributed by atoms with Gasteiger partial charge in [0, 0.05) is 31.4 Å². The van der Waals surface area contributed by atoms with Gasteiger partial charge in [-0.15, -0.1) is 0 Å². The fourth-order valence-corrected chi connectivity index (χ4v) is 4.95. The number of rotatable bonds is 5. The molecule has 2 aliphatic heterocycles. The van der Waals surface area contributed by atoms with E-state index in [4.69, 9.17) is 0 Å². The van der Waals surface area contributed by atoms with Crippen molar-refractivity contribution in [2.45, 2.75) is 39.3 Å². The second-order valence-electron chi connectivity index (χ2n) is 9.38. The average Bonchev–Trinajstić information content (AvgIpc) is 3.13. The van der Waals surface area contributed by atoms with Gasteiger partial charge >= 0.3 is 6.03 Å². The van der Waals surface area contributed by atoms with E-state index >= 15 is 0 Å². The predicted molar refractivity (Wildman–Crippen MR) is 127 cm³/mol. The molecule has 1 aromatic heterocycles. The molecule has 0 radical (unpaired) electrons. The van der Waals surface area contributed by atoms with Gasteiger partial charge in [-0.2, -0.15) is 0 Å². The van der Waals surface area contributed by atoms with Crippen molar-refractivity contribution in [2.75, 3.05) is 31.1 Å². The molecule has 0 bridgehead atoms. The number of amides is 4. The van der Waals surface area contributed by atoms with Gasteiger partial charge in [0.2, 0.25) is 0 Å². The maximum Gasteiger partial charge on any atom is 0.322 e. The Labute approximate surface area is 199 Å². The Balaban J connectivity index is 1.51. The molecule has 1 aromatic carbocycles. The number of aromatic nitrogens is 1. The molecule has 4 rings (SSSR count). The number of pyridine rings is 1. The highest BCUT2D eigenvalue weighted by Gasteiger charge is 2.50. The van der Waals surface area contributed by atoms with Crippen LogP contribution in [0.2, 0.25) is 0 Å².